The fourth-order valence-electron chi connectivity index (χ4n) is 3.50. The molecule has 0 saturated carbocycles. The molecule has 7 heteroatoms. The third-order valence-corrected chi connectivity index (χ3v) is 5.87. The molecule has 1 aromatic heterocycles. The molecule has 2 aromatic carbocycles. The molecular formula is C23H19FN2O3S. The Labute approximate surface area is 177 Å². The Balaban J connectivity index is 1.84. The molecule has 1 N–H and O–H groups in total. The number of carbonyl (C=O) groups excluding carboxylic acids is 2. The van der Waals surface area contributed by atoms with Crippen molar-refractivity contribution in [3.05, 3.63) is 93.9 Å². The average molecular weight is 422 g/mol. The number of aliphatic hydroxyl groups excluding tert-OH is 1. The van der Waals surface area contributed by atoms with Crippen molar-refractivity contribution < 1.29 is 19.1 Å². The maximum absolute atomic E-state index is 13.3. The summed E-state index contributed by atoms with van der Waals surface area (Å²) in [6, 6.07) is 11.8. The summed E-state index contributed by atoms with van der Waals surface area (Å²) in [4.78, 5) is 31.7. The van der Waals surface area contributed by atoms with Gasteiger partial charge in [-0.3, -0.25) is 14.5 Å². The molecule has 0 spiro atoms. The number of amides is 1. The summed E-state index contributed by atoms with van der Waals surface area (Å²) < 4.78 is 13.3. The van der Waals surface area contributed by atoms with Crippen LogP contribution in [0.2, 0.25) is 0 Å². The number of hydrogen-bond donors (Lipinski definition) is 1. The SMILES string of the molecule is CC(C)c1ccc(C2C(C(=O)c3ccc(F)cc3)=C(O)C(=O)N2c2nccs2)cc1. The van der Waals surface area contributed by atoms with Gasteiger partial charge in [0.05, 0.1) is 11.6 Å². The highest BCUT2D eigenvalue weighted by molar-refractivity contribution is 7.13. The molecule has 1 aliphatic heterocycles. The second kappa shape index (κ2) is 7.84. The maximum Gasteiger partial charge on any atom is 0.296 e. The van der Waals surface area contributed by atoms with Crippen LogP contribution in [0.1, 0.15) is 47.3 Å². The van der Waals surface area contributed by atoms with Crippen LogP contribution in [-0.2, 0) is 4.79 Å². The van der Waals surface area contributed by atoms with Crippen molar-refractivity contribution in [2.24, 2.45) is 0 Å². The van der Waals surface area contributed by atoms with E-state index in [0.29, 0.717) is 16.6 Å². The highest BCUT2D eigenvalue weighted by atomic mass is 32.1. The zero-order chi connectivity index (χ0) is 21.4. The first kappa shape index (κ1) is 20.0. The number of ketones is 1. The molecule has 0 saturated heterocycles. The molecule has 0 bridgehead atoms. The molecule has 2 heterocycles. The monoisotopic (exact) mass is 422 g/mol. The predicted octanol–water partition coefficient (Wildman–Crippen LogP) is 5.19. The van der Waals surface area contributed by atoms with E-state index in [2.05, 4.69) is 18.8 Å². The van der Waals surface area contributed by atoms with Gasteiger partial charge in [-0.25, -0.2) is 9.37 Å². The number of aromatic nitrogens is 1. The number of aliphatic hydroxyl groups is 1. The fraction of sp³-hybridized carbons (Fsp3) is 0.174. The summed E-state index contributed by atoms with van der Waals surface area (Å²) in [6.45, 7) is 4.15. The van der Waals surface area contributed by atoms with E-state index >= 15 is 0 Å². The lowest BCUT2D eigenvalue weighted by atomic mass is 9.91. The van der Waals surface area contributed by atoms with Crippen molar-refractivity contribution >= 4 is 28.2 Å². The minimum absolute atomic E-state index is 0.0425. The van der Waals surface area contributed by atoms with Gasteiger partial charge in [-0.2, -0.15) is 0 Å². The zero-order valence-electron chi connectivity index (χ0n) is 16.4. The first-order chi connectivity index (χ1) is 14.4. The van der Waals surface area contributed by atoms with E-state index in [1.54, 1.807) is 11.6 Å². The van der Waals surface area contributed by atoms with E-state index in [0.717, 1.165) is 5.56 Å². The predicted molar refractivity (Wildman–Crippen MR) is 113 cm³/mol. The van der Waals surface area contributed by atoms with Crippen LogP contribution in [0.4, 0.5) is 9.52 Å². The van der Waals surface area contributed by atoms with Crippen molar-refractivity contribution in [2.45, 2.75) is 25.8 Å². The van der Waals surface area contributed by atoms with Gasteiger partial charge in [-0.1, -0.05) is 38.1 Å². The summed E-state index contributed by atoms with van der Waals surface area (Å²) in [7, 11) is 0. The lowest BCUT2D eigenvalue weighted by Crippen LogP contribution is -2.31. The highest BCUT2D eigenvalue weighted by Crippen LogP contribution is 2.42. The Morgan fingerprint density at radius 3 is 2.37 bits per heavy atom. The van der Waals surface area contributed by atoms with Gasteiger partial charge in [0, 0.05) is 17.1 Å². The number of thiazole rings is 1. The van der Waals surface area contributed by atoms with Gasteiger partial charge in [-0.15, -0.1) is 11.3 Å². The number of Topliss-reactive ketones (excluding diaryl/α,β-unsaturated/α-hetero) is 1. The van der Waals surface area contributed by atoms with E-state index in [1.165, 1.54) is 40.5 Å². The Morgan fingerprint density at radius 1 is 1.13 bits per heavy atom. The maximum atomic E-state index is 13.3. The van der Waals surface area contributed by atoms with Crippen LogP contribution in [0.5, 0.6) is 0 Å². The van der Waals surface area contributed by atoms with Crippen molar-refractivity contribution in [3.63, 3.8) is 0 Å². The minimum atomic E-state index is -0.831. The van der Waals surface area contributed by atoms with Crippen LogP contribution in [0.3, 0.4) is 0 Å². The first-order valence-corrected chi connectivity index (χ1v) is 10.3. The summed E-state index contributed by atoms with van der Waals surface area (Å²) in [5.74, 6) is -1.98. The number of nitrogens with zero attached hydrogens (tertiary/aromatic N) is 2. The van der Waals surface area contributed by atoms with E-state index in [1.807, 2.05) is 24.3 Å². The molecule has 1 atom stereocenters. The van der Waals surface area contributed by atoms with Crippen LogP contribution in [0.25, 0.3) is 0 Å². The largest absolute Gasteiger partial charge is 0.503 e. The number of rotatable bonds is 5. The quantitative estimate of drug-likeness (QED) is 0.575. The molecule has 4 rings (SSSR count). The van der Waals surface area contributed by atoms with Crippen molar-refractivity contribution in [1.29, 1.82) is 0 Å². The third kappa shape index (κ3) is 3.41. The molecule has 1 aliphatic rings. The zero-order valence-corrected chi connectivity index (χ0v) is 17.2. The van der Waals surface area contributed by atoms with E-state index in [9.17, 15) is 19.1 Å². The second-order valence-electron chi connectivity index (χ2n) is 7.31. The Bertz CT molecular complexity index is 1120. The van der Waals surface area contributed by atoms with Gasteiger partial charge in [-0.05, 0) is 41.3 Å². The average Bonchev–Trinajstić information content (AvgIpc) is 3.35. The topological polar surface area (TPSA) is 70.5 Å². The number of anilines is 1. The van der Waals surface area contributed by atoms with Gasteiger partial charge in [0.1, 0.15) is 5.82 Å². The van der Waals surface area contributed by atoms with Crippen LogP contribution in [0, 0.1) is 5.82 Å². The van der Waals surface area contributed by atoms with Gasteiger partial charge < -0.3 is 5.11 Å². The number of halogens is 1. The molecule has 0 radical (unpaired) electrons. The number of hydrogen-bond acceptors (Lipinski definition) is 5. The van der Waals surface area contributed by atoms with Gasteiger partial charge >= 0.3 is 0 Å². The van der Waals surface area contributed by atoms with Gasteiger partial charge in [0.2, 0.25) is 0 Å². The molecule has 1 unspecified atom stereocenters. The summed E-state index contributed by atoms with van der Waals surface area (Å²) in [6.07, 6.45) is 1.56. The lowest BCUT2D eigenvalue weighted by molar-refractivity contribution is -0.117. The molecule has 0 aliphatic carbocycles. The second-order valence-corrected chi connectivity index (χ2v) is 8.19. The Hall–Kier alpha value is -3.32. The highest BCUT2D eigenvalue weighted by Gasteiger charge is 2.45. The number of benzene rings is 2. The Morgan fingerprint density at radius 2 is 1.80 bits per heavy atom. The van der Waals surface area contributed by atoms with Crippen LogP contribution >= 0.6 is 11.3 Å². The van der Waals surface area contributed by atoms with Crippen molar-refractivity contribution in [1.82, 2.24) is 4.98 Å². The van der Waals surface area contributed by atoms with Crippen molar-refractivity contribution in [3.8, 4) is 0 Å². The third-order valence-electron chi connectivity index (χ3n) is 5.10. The Kier molecular flexibility index (Phi) is 5.22. The molecule has 0 fully saturated rings. The van der Waals surface area contributed by atoms with Crippen LogP contribution in [-0.4, -0.2) is 21.8 Å². The molecule has 1 amide bonds. The van der Waals surface area contributed by atoms with E-state index in [4.69, 9.17) is 0 Å². The molecule has 30 heavy (non-hydrogen) atoms. The van der Waals surface area contributed by atoms with Gasteiger partial charge in [0.15, 0.2) is 16.7 Å². The first-order valence-electron chi connectivity index (χ1n) is 9.44. The standard InChI is InChI=1S/C23H19FN2O3S/c1-13(2)14-3-5-15(6-4-14)19-18(20(27)16-7-9-17(24)10-8-16)21(28)22(29)26(19)23-25-11-12-30-23/h3-13,19,28H,1-2H3. The van der Waals surface area contributed by atoms with Crippen LogP contribution < -0.4 is 4.90 Å². The summed E-state index contributed by atoms with van der Waals surface area (Å²) in [5.41, 5.74) is 1.94. The van der Waals surface area contributed by atoms with Crippen molar-refractivity contribution in [2.75, 3.05) is 4.90 Å². The minimum Gasteiger partial charge on any atom is -0.503 e. The molecule has 152 valence electrons. The van der Waals surface area contributed by atoms with E-state index < -0.39 is 29.3 Å². The fourth-order valence-corrected chi connectivity index (χ4v) is 4.17. The van der Waals surface area contributed by atoms with Gasteiger partial charge in [0.25, 0.3) is 5.91 Å². The molecule has 3 aromatic rings. The summed E-state index contributed by atoms with van der Waals surface area (Å²) in [5, 5.41) is 12.8. The lowest BCUT2D eigenvalue weighted by Gasteiger charge is -2.25. The molecule has 5 nitrogen and oxygen atoms in total. The normalized spacial score (nSPS) is 16.6. The number of carbonyl (C=O) groups is 2. The summed E-state index contributed by atoms with van der Waals surface area (Å²) >= 11 is 1.24. The van der Waals surface area contributed by atoms with E-state index in [-0.39, 0.29) is 11.1 Å². The smallest absolute Gasteiger partial charge is 0.296 e. The van der Waals surface area contributed by atoms with Crippen LogP contribution in [0.15, 0.2) is 71.4 Å². The molecular weight excluding hydrogens is 403 g/mol.